The molecular formula is C15H21N2O2Y-. The molecule has 1 aromatic heterocycles. The van der Waals surface area contributed by atoms with Crippen LogP contribution in [0.3, 0.4) is 0 Å². The topological polar surface area (TPSA) is 55.1 Å². The zero-order chi connectivity index (χ0) is 13.7. The van der Waals surface area contributed by atoms with Crippen LogP contribution in [0, 0.1) is 14.4 Å². The van der Waals surface area contributed by atoms with E-state index in [2.05, 4.69) is 5.10 Å². The van der Waals surface area contributed by atoms with Gasteiger partial charge in [-0.05, 0) is 18.1 Å². The van der Waals surface area contributed by atoms with Crippen molar-refractivity contribution in [3.63, 3.8) is 0 Å². The van der Waals surface area contributed by atoms with Crippen LogP contribution in [-0.4, -0.2) is 14.9 Å². The molecule has 20 heavy (non-hydrogen) atoms. The van der Waals surface area contributed by atoms with Crippen molar-refractivity contribution in [3.8, 4) is 16.9 Å². The molecule has 0 amide bonds. The molecule has 0 bridgehead atoms. The normalized spacial score (nSPS) is 8.60. The van der Waals surface area contributed by atoms with E-state index in [4.69, 9.17) is 0 Å². The van der Waals surface area contributed by atoms with Crippen LogP contribution in [0.1, 0.15) is 19.4 Å². The van der Waals surface area contributed by atoms with Crippen LogP contribution in [0.15, 0.2) is 35.3 Å². The van der Waals surface area contributed by atoms with Crippen LogP contribution in [0.4, 0.5) is 0 Å². The molecule has 0 fully saturated rings. The summed E-state index contributed by atoms with van der Waals surface area (Å²) < 4.78 is 1.21. The van der Waals surface area contributed by atoms with Crippen LogP contribution < -0.4 is 5.56 Å². The first-order chi connectivity index (χ1) is 8.61. The van der Waals surface area contributed by atoms with Crippen LogP contribution in [0.25, 0.3) is 11.1 Å². The predicted molar refractivity (Wildman–Crippen MR) is 79.1 cm³/mol. The Morgan fingerprint density at radius 1 is 1.20 bits per heavy atom. The molecule has 0 saturated heterocycles. The summed E-state index contributed by atoms with van der Waals surface area (Å²) in [5, 5.41) is 13.5. The van der Waals surface area contributed by atoms with Gasteiger partial charge in [0.25, 0.3) is 5.56 Å². The van der Waals surface area contributed by atoms with Gasteiger partial charge in [0.15, 0.2) is 0 Å². The van der Waals surface area contributed by atoms with Gasteiger partial charge in [-0.15, -0.1) is 0 Å². The van der Waals surface area contributed by atoms with Gasteiger partial charge < -0.3 is 12.5 Å². The van der Waals surface area contributed by atoms with Crippen LogP contribution in [0.2, 0.25) is 0 Å². The number of aryl methyl sites for hydroxylation is 2. The predicted octanol–water partition coefficient (Wildman–Crippen LogP) is 2.94. The third-order valence-corrected chi connectivity index (χ3v) is 2.53. The van der Waals surface area contributed by atoms with Crippen LogP contribution >= 0.6 is 0 Å². The van der Waals surface area contributed by atoms with E-state index in [9.17, 15) is 9.90 Å². The zero-order valence-electron chi connectivity index (χ0n) is 12.7. The molecule has 0 aliphatic rings. The van der Waals surface area contributed by atoms with E-state index in [-0.39, 0.29) is 51.4 Å². The average molecular weight is 350 g/mol. The van der Waals surface area contributed by atoms with Gasteiger partial charge in [0.2, 0.25) is 0 Å². The van der Waals surface area contributed by atoms with Crippen molar-refractivity contribution in [2.75, 3.05) is 0 Å². The molecule has 0 unspecified atom stereocenters. The first-order valence-corrected chi connectivity index (χ1v) is 5.92. The van der Waals surface area contributed by atoms with Gasteiger partial charge >= 0.3 is 0 Å². The van der Waals surface area contributed by atoms with E-state index in [0.717, 1.165) is 11.1 Å². The molecule has 5 heteroatoms. The van der Waals surface area contributed by atoms with Gasteiger partial charge in [0, 0.05) is 39.8 Å². The fourth-order valence-corrected chi connectivity index (χ4v) is 1.64. The van der Waals surface area contributed by atoms with Gasteiger partial charge in [-0.25, -0.2) is 4.68 Å². The monoisotopic (exact) mass is 350 g/mol. The fraction of sp³-hybridized carbons (Fsp3) is 0.267. The number of hydrogen-bond donors (Lipinski definition) is 1. The third kappa shape index (κ3) is 4.53. The summed E-state index contributed by atoms with van der Waals surface area (Å²) in [5.74, 6) is -0.0857. The van der Waals surface area contributed by atoms with E-state index in [1.54, 1.807) is 7.05 Å². The Hall–Kier alpha value is -0.996. The number of rotatable bonds is 1. The van der Waals surface area contributed by atoms with Crippen molar-refractivity contribution < 1.29 is 37.8 Å². The van der Waals surface area contributed by atoms with Crippen molar-refractivity contribution in [2.45, 2.75) is 20.8 Å². The van der Waals surface area contributed by atoms with Crippen molar-refractivity contribution in [1.82, 2.24) is 9.78 Å². The van der Waals surface area contributed by atoms with Crippen LogP contribution in [-0.2, 0) is 39.8 Å². The molecule has 0 saturated carbocycles. The summed E-state index contributed by atoms with van der Waals surface area (Å²) in [4.78, 5) is 11.9. The van der Waals surface area contributed by atoms with Crippen LogP contribution in [0.5, 0.6) is 5.75 Å². The number of nitrogens with zero attached hydrogens (tertiary/aromatic N) is 2. The maximum Gasteiger partial charge on any atom is 0.278 e. The second-order valence-corrected chi connectivity index (χ2v) is 3.65. The minimum atomic E-state index is -0.297. The molecule has 0 spiro atoms. The third-order valence-electron chi connectivity index (χ3n) is 2.53. The summed E-state index contributed by atoms with van der Waals surface area (Å²) in [7, 11) is 1.56. The summed E-state index contributed by atoms with van der Waals surface area (Å²) in [5.41, 5.74) is 1.69. The average Bonchev–Trinajstić information content (AvgIpc) is 2.39. The Kier molecular flexibility index (Phi) is 10.5. The second-order valence-electron chi connectivity index (χ2n) is 3.65. The Bertz CT molecular complexity index is 595. The number of aromatic hydroxyl groups is 1. The Morgan fingerprint density at radius 3 is 2.30 bits per heavy atom. The first-order valence-electron chi connectivity index (χ1n) is 5.92. The molecular weight excluding hydrogens is 329 g/mol. The van der Waals surface area contributed by atoms with E-state index < -0.39 is 0 Å². The number of aromatic nitrogens is 2. The number of hydrogen-bond acceptors (Lipinski definition) is 3. The smallest absolute Gasteiger partial charge is 0.278 e. The molecule has 2 rings (SSSR count). The van der Waals surface area contributed by atoms with Gasteiger partial charge in [-0.2, -0.15) is 5.10 Å². The molecule has 0 aliphatic heterocycles. The minimum absolute atomic E-state index is 0. The molecule has 4 nitrogen and oxygen atoms in total. The summed E-state index contributed by atoms with van der Waals surface area (Å²) >= 11 is 0. The molecule has 2 aromatic rings. The SMILES string of the molecule is CC.Cc1ccccc1-c1c(O)cnn(C)c1=O.[CH3-].[Y]. The van der Waals surface area contributed by atoms with E-state index >= 15 is 0 Å². The molecule has 1 aromatic carbocycles. The maximum absolute atomic E-state index is 11.9. The first kappa shape index (κ1) is 21.3. The Labute approximate surface area is 145 Å². The Morgan fingerprint density at radius 2 is 1.75 bits per heavy atom. The van der Waals surface area contributed by atoms with E-state index in [1.807, 2.05) is 45.0 Å². The summed E-state index contributed by atoms with van der Waals surface area (Å²) in [6, 6.07) is 7.43. The van der Waals surface area contributed by atoms with Crippen molar-refractivity contribution in [3.05, 3.63) is 53.8 Å². The quantitative estimate of drug-likeness (QED) is 0.805. The van der Waals surface area contributed by atoms with Gasteiger partial charge in [-0.3, -0.25) is 4.79 Å². The van der Waals surface area contributed by atoms with Gasteiger partial charge in [0.05, 0.1) is 11.8 Å². The zero-order valence-corrected chi connectivity index (χ0v) is 15.6. The molecule has 1 radical (unpaired) electrons. The van der Waals surface area contributed by atoms with Crippen molar-refractivity contribution >= 4 is 0 Å². The maximum atomic E-state index is 11.9. The van der Waals surface area contributed by atoms with E-state index in [0.29, 0.717) is 5.56 Å². The van der Waals surface area contributed by atoms with Gasteiger partial charge in [-0.1, -0.05) is 38.1 Å². The van der Waals surface area contributed by atoms with Gasteiger partial charge in [0.1, 0.15) is 5.75 Å². The molecule has 107 valence electrons. The molecule has 0 atom stereocenters. The number of benzene rings is 1. The molecule has 0 aliphatic carbocycles. The second kappa shape index (κ2) is 9.84. The Balaban J connectivity index is 0. The molecule has 1 heterocycles. The largest absolute Gasteiger partial charge is 0.505 e. The van der Waals surface area contributed by atoms with E-state index in [1.165, 1.54) is 10.9 Å². The summed E-state index contributed by atoms with van der Waals surface area (Å²) in [6.45, 7) is 5.90. The standard InChI is InChI=1S/C12H12N2O2.C2H6.CH3.Y/c1-8-5-3-4-6-9(8)11-10(15)7-13-14(2)12(11)16;1-2;;/h3-7,15H,1-2H3;1-2H3;1H3;/q;;-1;. The van der Waals surface area contributed by atoms with Crippen molar-refractivity contribution in [1.29, 1.82) is 0 Å². The minimum Gasteiger partial charge on any atom is -0.505 e. The van der Waals surface area contributed by atoms with Crippen molar-refractivity contribution in [2.24, 2.45) is 7.05 Å². The molecule has 1 N–H and O–H groups in total. The summed E-state index contributed by atoms with van der Waals surface area (Å²) in [6.07, 6.45) is 1.28. The fourth-order valence-electron chi connectivity index (χ4n) is 1.64.